The molecular weight excluding hydrogens is 421 g/mol. The van der Waals surface area contributed by atoms with Gasteiger partial charge in [-0.2, -0.15) is 0 Å². The second-order valence-electron chi connectivity index (χ2n) is 6.74. The highest BCUT2D eigenvalue weighted by Gasteiger charge is 2.16. The quantitative estimate of drug-likeness (QED) is 0.512. The van der Waals surface area contributed by atoms with Gasteiger partial charge in [-0.15, -0.1) is 11.8 Å². The number of carbonyl (C=O) groups excluding carboxylic acids is 2. The van der Waals surface area contributed by atoms with Gasteiger partial charge in [-0.05, 0) is 55.8 Å². The van der Waals surface area contributed by atoms with Gasteiger partial charge in [0, 0.05) is 12.6 Å². The average molecular weight is 444 g/mol. The Morgan fingerprint density at radius 3 is 2.39 bits per heavy atom. The van der Waals surface area contributed by atoms with Crippen LogP contribution in [0.4, 0.5) is 10.2 Å². The van der Waals surface area contributed by atoms with E-state index in [0.29, 0.717) is 29.6 Å². The van der Waals surface area contributed by atoms with Crippen molar-refractivity contribution in [3.8, 4) is 11.5 Å². The molecule has 3 rings (SSSR count). The van der Waals surface area contributed by atoms with Crippen LogP contribution in [0.25, 0.3) is 0 Å². The van der Waals surface area contributed by atoms with E-state index in [4.69, 9.17) is 9.26 Å². The lowest BCUT2D eigenvalue weighted by atomic mass is 10.2. The molecule has 1 atom stereocenters. The molecule has 0 aliphatic heterocycles. The molecule has 1 heterocycles. The lowest BCUT2D eigenvalue weighted by Gasteiger charge is -2.11. The molecule has 0 saturated carbocycles. The van der Waals surface area contributed by atoms with E-state index in [-0.39, 0.29) is 23.4 Å². The van der Waals surface area contributed by atoms with E-state index in [0.717, 1.165) is 5.56 Å². The summed E-state index contributed by atoms with van der Waals surface area (Å²) >= 11 is 1.23. The Morgan fingerprint density at radius 2 is 1.77 bits per heavy atom. The fourth-order valence-electron chi connectivity index (χ4n) is 2.50. The minimum absolute atomic E-state index is 0.151. The molecule has 0 saturated heterocycles. The predicted molar refractivity (Wildman–Crippen MR) is 117 cm³/mol. The van der Waals surface area contributed by atoms with Gasteiger partial charge in [0.1, 0.15) is 23.1 Å². The fourth-order valence-corrected chi connectivity index (χ4v) is 3.21. The molecule has 2 N–H and O–H groups in total. The highest BCUT2D eigenvalue weighted by Crippen LogP contribution is 2.22. The first-order valence-electron chi connectivity index (χ1n) is 9.54. The first-order chi connectivity index (χ1) is 14.9. The smallest absolute Gasteiger partial charge is 0.238 e. The van der Waals surface area contributed by atoms with E-state index in [1.54, 1.807) is 44.2 Å². The standard InChI is InChI=1S/C22H22FN3O4S/c1-14-11-20(26-30-14)25-22(28)15(2)31-13-21(27)24-12-16-3-7-18(8-4-16)29-19-9-5-17(23)6-10-19/h3-11,15H,12-13H2,1-2H3,(H,24,27)(H,25,26,28). The summed E-state index contributed by atoms with van der Waals surface area (Å²) in [7, 11) is 0. The second-order valence-corrected chi connectivity index (χ2v) is 8.07. The zero-order chi connectivity index (χ0) is 22.2. The van der Waals surface area contributed by atoms with Gasteiger partial charge in [0.05, 0.1) is 11.0 Å². The Bertz CT molecular complexity index is 1020. The zero-order valence-corrected chi connectivity index (χ0v) is 17.9. The summed E-state index contributed by atoms with van der Waals surface area (Å²) in [5.74, 6) is 1.51. The van der Waals surface area contributed by atoms with E-state index < -0.39 is 5.25 Å². The van der Waals surface area contributed by atoms with Crippen molar-refractivity contribution < 1.29 is 23.2 Å². The van der Waals surface area contributed by atoms with Crippen molar-refractivity contribution in [2.24, 2.45) is 0 Å². The van der Waals surface area contributed by atoms with Crippen molar-refractivity contribution in [1.29, 1.82) is 0 Å². The van der Waals surface area contributed by atoms with Crippen LogP contribution in [0.2, 0.25) is 0 Å². The average Bonchev–Trinajstić information content (AvgIpc) is 3.17. The van der Waals surface area contributed by atoms with Crippen LogP contribution in [0.3, 0.4) is 0 Å². The zero-order valence-electron chi connectivity index (χ0n) is 17.1. The maximum absolute atomic E-state index is 12.9. The minimum atomic E-state index is -0.425. The first kappa shape index (κ1) is 22.4. The number of anilines is 1. The molecule has 1 unspecified atom stereocenters. The molecule has 0 radical (unpaired) electrons. The number of aryl methyl sites for hydroxylation is 1. The summed E-state index contributed by atoms with van der Waals surface area (Å²) < 4.78 is 23.5. The molecule has 0 fully saturated rings. The van der Waals surface area contributed by atoms with Crippen LogP contribution in [0, 0.1) is 12.7 Å². The summed E-state index contributed by atoms with van der Waals surface area (Å²) in [6.45, 7) is 3.81. The number of thioether (sulfide) groups is 1. The topological polar surface area (TPSA) is 93.5 Å². The van der Waals surface area contributed by atoms with Crippen molar-refractivity contribution >= 4 is 29.4 Å². The molecule has 3 aromatic rings. The fraction of sp³-hybridized carbons (Fsp3) is 0.227. The van der Waals surface area contributed by atoms with Crippen molar-refractivity contribution in [2.75, 3.05) is 11.1 Å². The summed E-state index contributed by atoms with van der Waals surface area (Å²) in [6.07, 6.45) is 0. The van der Waals surface area contributed by atoms with E-state index in [2.05, 4.69) is 15.8 Å². The van der Waals surface area contributed by atoms with Gasteiger partial charge in [0.15, 0.2) is 5.82 Å². The number of nitrogens with one attached hydrogen (secondary N) is 2. The number of halogens is 1. The molecule has 0 spiro atoms. The van der Waals surface area contributed by atoms with Crippen LogP contribution in [-0.4, -0.2) is 28.0 Å². The highest BCUT2D eigenvalue weighted by molar-refractivity contribution is 8.01. The van der Waals surface area contributed by atoms with E-state index in [1.165, 1.54) is 23.9 Å². The maximum Gasteiger partial charge on any atom is 0.238 e. The molecule has 0 bridgehead atoms. The van der Waals surface area contributed by atoms with E-state index >= 15 is 0 Å². The Hall–Kier alpha value is -3.33. The summed E-state index contributed by atoms with van der Waals surface area (Å²) in [5, 5.41) is 8.75. The number of carbonyl (C=O) groups is 2. The van der Waals surface area contributed by atoms with Crippen LogP contribution in [0.1, 0.15) is 18.2 Å². The monoisotopic (exact) mass is 443 g/mol. The number of ether oxygens (including phenoxy) is 1. The molecule has 2 amide bonds. The Kier molecular flexibility index (Phi) is 7.66. The van der Waals surface area contributed by atoms with Crippen LogP contribution in [0.15, 0.2) is 59.1 Å². The molecule has 9 heteroatoms. The summed E-state index contributed by atoms with van der Waals surface area (Å²) in [6, 6.07) is 14.6. The van der Waals surface area contributed by atoms with E-state index in [1.807, 2.05) is 12.1 Å². The van der Waals surface area contributed by atoms with Crippen molar-refractivity contribution in [2.45, 2.75) is 25.6 Å². The predicted octanol–water partition coefficient (Wildman–Crippen LogP) is 4.29. The molecule has 31 heavy (non-hydrogen) atoms. The largest absolute Gasteiger partial charge is 0.457 e. The van der Waals surface area contributed by atoms with Crippen LogP contribution < -0.4 is 15.4 Å². The van der Waals surface area contributed by atoms with Gasteiger partial charge >= 0.3 is 0 Å². The number of nitrogens with zero attached hydrogens (tertiary/aromatic N) is 1. The number of hydrogen-bond donors (Lipinski definition) is 2. The molecule has 7 nitrogen and oxygen atoms in total. The number of hydrogen-bond acceptors (Lipinski definition) is 6. The summed E-state index contributed by atoms with van der Waals surface area (Å²) in [4.78, 5) is 24.2. The first-order valence-corrected chi connectivity index (χ1v) is 10.6. The van der Waals surface area contributed by atoms with Gasteiger partial charge in [0.25, 0.3) is 0 Å². The van der Waals surface area contributed by atoms with Gasteiger partial charge in [-0.25, -0.2) is 4.39 Å². The number of aromatic nitrogens is 1. The van der Waals surface area contributed by atoms with Crippen LogP contribution in [-0.2, 0) is 16.1 Å². The van der Waals surface area contributed by atoms with Gasteiger partial charge in [0.2, 0.25) is 11.8 Å². The van der Waals surface area contributed by atoms with Gasteiger partial charge in [-0.3, -0.25) is 9.59 Å². The van der Waals surface area contributed by atoms with Crippen molar-refractivity contribution in [3.63, 3.8) is 0 Å². The third-order valence-electron chi connectivity index (χ3n) is 4.18. The van der Waals surface area contributed by atoms with E-state index in [9.17, 15) is 14.0 Å². The number of amides is 2. The Morgan fingerprint density at radius 1 is 1.13 bits per heavy atom. The molecular formula is C22H22FN3O4S. The number of benzene rings is 2. The molecule has 0 aliphatic rings. The lowest BCUT2D eigenvalue weighted by molar-refractivity contribution is -0.118. The third-order valence-corrected chi connectivity index (χ3v) is 5.32. The lowest BCUT2D eigenvalue weighted by Crippen LogP contribution is -2.28. The third kappa shape index (κ3) is 7.14. The van der Waals surface area contributed by atoms with Gasteiger partial charge in [-0.1, -0.05) is 17.3 Å². The van der Waals surface area contributed by atoms with Crippen molar-refractivity contribution in [3.05, 3.63) is 71.7 Å². The molecule has 162 valence electrons. The number of rotatable bonds is 9. The van der Waals surface area contributed by atoms with Gasteiger partial charge < -0.3 is 19.9 Å². The maximum atomic E-state index is 12.9. The Labute approximate surface area is 183 Å². The SMILES string of the molecule is Cc1cc(NC(=O)C(C)SCC(=O)NCc2ccc(Oc3ccc(F)cc3)cc2)no1. The molecule has 2 aromatic carbocycles. The van der Waals surface area contributed by atoms with Crippen LogP contribution in [0.5, 0.6) is 11.5 Å². The van der Waals surface area contributed by atoms with Crippen LogP contribution >= 0.6 is 11.8 Å². The second kappa shape index (κ2) is 10.6. The Balaban J connectivity index is 1.38. The normalized spacial score (nSPS) is 11.6. The minimum Gasteiger partial charge on any atom is -0.457 e. The molecule has 1 aromatic heterocycles. The highest BCUT2D eigenvalue weighted by atomic mass is 32.2. The van der Waals surface area contributed by atoms with Crippen molar-refractivity contribution in [1.82, 2.24) is 10.5 Å². The summed E-state index contributed by atoms with van der Waals surface area (Å²) in [5.41, 5.74) is 0.900. The molecule has 0 aliphatic carbocycles.